The molecule has 0 aromatic carbocycles. The Morgan fingerprint density at radius 2 is 2.00 bits per heavy atom. The summed E-state index contributed by atoms with van der Waals surface area (Å²) < 4.78 is 0. The lowest BCUT2D eigenvalue weighted by Gasteiger charge is -2.39. The number of rotatable bonds is 2. The second-order valence-electron chi connectivity index (χ2n) is 5.35. The first-order valence-electron chi connectivity index (χ1n) is 6.47. The van der Waals surface area contributed by atoms with Crippen molar-refractivity contribution in [3.05, 3.63) is 24.0 Å². The molecule has 2 unspecified atom stereocenters. The van der Waals surface area contributed by atoms with Crippen molar-refractivity contribution in [2.75, 3.05) is 4.90 Å². The third-order valence-electron chi connectivity index (χ3n) is 3.28. The number of hydrogen-bond acceptors (Lipinski definition) is 3. The minimum absolute atomic E-state index is 0.0389. The molecular formula is C14H19N3O2. The van der Waals surface area contributed by atoms with Crippen LogP contribution < -0.4 is 10.2 Å². The van der Waals surface area contributed by atoms with Crippen molar-refractivity contribution in [1.29, 1.82) is 0 Å². The van der Waals surface area contributed by atoms with Gasteiger partial charge in [-0.1, -0.05) is 13.8 Å². The lowest BCUT2D eigenvalue weighted by molar-refractivity contribution is -0.134. The van der Waals surface area contributed by atoms with Gasteiger partial charge in [-0.2, -0.15) is 0 Å². The van der Waals surface area contributed by atoms with Crippen LogP contribution in [0.25, 0.3) is 0 Å². The van der Waals surface area contributed by atoms with Crippen LogP contribution in [0.5, 0.6) is 0 Å². The number of carbonyl (C=O) groups excluding carboxylic acids is 2. The molecule has 1 fully saturated rings. The third kappa shape index (κ3) is 2.45. The minimum atomic E-state index is -0.497. The molecule has 2 atom stereocenters. The molecule has 19 heavy (non-hydrogen) atoms. The second kappa shape index (κ2) is 4.99. The third-order valence-corrected chi connectivity index (χ3v) is 3.28. The standard InChI is InChI=1S/C14H19N3O2/c1-8(2)12-13(18)16-10(4)14(19)17(12)11-5-9(3)6-15-7-11/h5-8,10,12H,1-4H3,(H,16,18). The van der Waals surface area contributed by atoms with Crippen molar-refractivity contribution in [2.24, 2.45) is 5.92 Å². The molecule has 1 N–H and O–H groups in total. The number of pyridine rings is 1. The molecule has 0 spiro atoms. The van der Waals surface area contributed by atoms with Crippen molar-refractivity contribution in [2.45, 2.75) is 39.8 Å². The molecule has 1 aliphatic rings. The molecule has 0 aliphatic carbocycles. The Morgan fingerprint density at radius 3 is 2.58 bits per heavy atom. The number of aryl methyl sites for hydroxylation is 1. The molecule has 2 rings (SSSR count). The van der Waals surface area contributed by atoms with Gasteiger partial charge in [0, 0.05) is 6.20 Å². The number of anilines is 1. The maximum absolute atomic E-state index is 12.4. The predicted octanol–water partition coefficient (Wildman–Crippen LogP) is 1.27. The van der Waals surface area contributed by atoms with Gasteiger partial charge in [0.1, 0.15) is 12.1 Å². The highest BCUT2D eigenvalue weighted by Gasteiger charge is 2.41. The fourth-order valence-corrected chi connectivity index (χ4v) is 2.38. The van der Waals surface area contributed by atoms with Crippen LogP contribution in [-0.4, -0.2) is 28.9 Å². The van der Waals surface area contributed by atoms with Crippen LogP contribution >= 0.6 is 0 Å². The first-order valence-corrected chi connectivity index (χ1v) is 6.47. The van der Waals surface area contributed by atoms with E-state index in [1.807, 2.05) is 26.8 Å². The van der Waals surface area contributed by atoms with Crippen molar-refractivity contribution in [3.63, 3.8) is 0 Å². The van der Waals surface area contributed by atoms with Crippen molar-refractivity contribution < 1.29 is 9.59 Å². The molecule has 1 saturated heterocycles. The highest BCUT2D eigenvalue weighted by atomic mass is 16.2. The number of aromatic nitrogens is 1. The number of carbonyl (C=O) groups is 2. The maximum Gasteiger partial charge on any atom is 0.250 e. The Morgan fingerprint density at radius 1 is 1.32 bits per heavy atom. The summed E-state index contributed by atoms with van der Waals surface area (Å²) in [6.45, 7) is 7.49. The molecule has 1 aliphatic heterocycles. The molecule has 0 saturated carbocycles. The van der Waals surface area contributed by atoms with Gasteiger partial charge in [-0.3, -0.25) is 19.5 Å². The summed E-state index contributed by atoms with van der Waals surface area (Å²) in [5.74, 6) is -0.161. The molecule has 102 valence electrons. The zero-order valence-electron chi connectivity index (χ0n) is 11.7. The summed E-state index contributed by atoms with van der Waals surface area (Å²) >= 11 is 0. The summed E-state index contributed by atoms with van der Waals surface area (Å²) in [4.78, 5) is 30.2. The van der Waals surface area contributed by atoms with Gasteiger partial charge in [-0.05, 0) is 31.4 Å². The fourth-order valence-electron chi connectivity index (χ4n) is 2.38. The largest absolute Gasteiger partial charge is 0.343 e. The number of nitrogens with one attached hydrogen (secondary N) is 1. The van der Waals surface area contributed by atoms with Crippen LogP contribution in [-0.2, 0) is 9.59 Å². The monoisotopic (exact) mass is 261 g/mol. The van der Waals surface area contributed by atoms with Gasteiger partial charge in [0.05, 0.1) is 11.9 Å². The van der Waals surface area contributed by atoms with E-state index < -0.39 is 12.1 Å². The molecule has 1 aromatic heterocycles. The van der Waals surface area contributed by atoms with E-state index in [0.717, 1.165) is 5.56 Å². The first-order chi connectivity index (χ1) is 8.91. The van der Waals surface area contributed by atoms with E-state index in [2.05, 4.69) is 10.3 Å². The summed E-state index contributed by atoms with van der Waals surface area (Å²) in [6.07, 6.45) is 3.36. The Labute approximate surface area is 113 Å². The zero-order valence-corrected chi connectivity index (χ0v) is 11.7. The molecule has 1 aromatic rings. The molecule has 5 nitrogen and oxygen atoms in total. The first kappa shape index (κ1) is 13.5. The molecule has 5 heteroatoms. The van der Waals surface area contributed by atoms with Crippen LogP contribution in [0, 0.1) is 12.8 Å². The molecule has 2 amide bonds. The lowest BCUT2D eigenvalue weighted by Crippen LogP contribution is -2.64. The predicted molar refractivity (Wildman–Crippen MR) is 72.7 cm³/mol. The molecule has 0 radical (unpaired) electrons. The Balaban J connectivity index is 2.47. The van der Waals surface area contributed by atoms with Crippen LogP contribution in [0.2, 0.25) is 0 Å². The Kier molecular flexibility index (Phi) is 3.55. The molecule has 0 bridgehead atoms. The fraction of sp³-hybridized carbons (Fsp3) is 0.500. The highest BCUT2D eigenvalue weighted by molar-refractivity contribution is 6.08. The summed E-state index contributed by atoms with van der Waals surface area (Å²) in [5.41, 5.74) is 1.65. The van der Waals surface area contributed by atoms with Gasteiger partial charge in [-0.15, -0.1) is 0 Å². The smallest absolute Gasteiger partial charge is 0.250 e. The van der Waals surface area contributed by atoms with E-state index in [1.54, 1.807) is 24.2 Å². The summed E-state index contributed by atoms with van der Waals surface area (Å²) in [6, 6.07) is 0.904. The second-order valence-corrected chi connectivity index (χ2v) is 5.35. The van der Waals surface area contributed by atoms with Crippen LogP contribution in [0.3, 0.4) is 0 Å². The molecular weight excluding hydrogens is 242 g/mol. The minimum Gasteiger partial charge on any atom is -0.343 e. The van der Waals surface area contributed by atoms with Crippen molar-refractivity contribution in [3.8, 4) is 0 Å². The number of nitrogens with zero attached hydrogens (tertiary/aromatic N) is 2. The lowest BCUT2D eigenvalue weighted by atomic mass is 9.96. The topological polar surface area (TPSA) is 62.3 Å². The van der Waals surface area contributed by atoms with E-state index in [4.69, 9.17) is 0 Å². The quantitative estimate of drug-likeness (QED) is 0.872. The van der Waals surface area contributed by atoms with Crippen LogP contribution in [0.4, 0.5) is 5.69 Å². The van der Waals surface area contributed by atoms with E-state index in [9.17, 15) is 9.59 Å². The van der Waals surface area contributed by atoms with Gasteiger partial charge in [0.15, 0.2) is 0 Å². The Bertz CT molecular complexity index is 513. The van der Waals surface area contributed by atoms with Crippen molar-refractivity contribution in [1.82, 2.24) is 10.3 Å². The highest BCUT2D eigenvalue weighted by Crippen LogP contribution is 2.25. The average Bonchev–Trinajstić information content (AvgIpc) is 2.32. The normalized spacial score (nSPS) is 23.7. The van der Waals surface area contributed by atoms with E-state index in [0.29, 0.717) is 5.69 Å². The SMILES string of the molecule is Cc1cncc(N2C(=O)C(C)NC(=O)C2C(C)C)c1. The average molecular weight is 261 g/mol. The van der Waals surface area contributed by atoms with Gasteiger partial charge in [0.25, 0.3) is 0 Å². The van der Waals surface area contributed by atoms with E-state index >= 15 is 0 Å². The summed E-state index contributed by atoms with van der Waals surface area (Å²) in [5, 5.41) is 2.72. The van der Waals surface area contributed by atoms with Crippen LogP contribution in [0.1, 0.15) is 26.3 Å². The number of amides is 2. The van der Waals surface area contributed by atoms with E-state index in [1.165, 1.54) is 0 Å². The van der Waals surface area contributed by atoms with Gasteiger partial charge < -0.3 is 5.32 Å². The number of hydrogen-bond donors (Lipinski definition) is 1. The van der Waals surface area contributed by atoms with Gasteiger partial charge >= 0.3 is 0 Å². The van der Waals surface area contributed by atoms with Crippen molar-refractivity contribution >= 4 is 17.5 Å². The zero-order chi connectivity index (χ0) is 14.2. The van der Waals surface area contributed by atoms with E-state index in [-0.39, 0.29) is 17.7 Å². The summed E-state index contributed by atoms with van der Waals surface area (Å²) in [7, 11) is 0. The molecule has 2 heterocycles. The van der Waals surface area contributed by atoms with Gasteiger partial charge in [0.2, 0.25) is 11.8 Å². The van der Waals surface area contributed by atoms with Crippen LogP contribution in [0.15, 0.2) is 18.5 Å². The number of piperazine rings is 1. The van der Waals surface area contributed by atoms with Gasteiger partial charge in [-0.25, -0.2) is 0 Å². The maximum atomic E-state index is 12.4. The Hall–Kier alpha value is -1.91.